The maximum Gasteiger partial charge on any atom is 0.268 e. The van der Waals surface area contributed by atoms with Crippen molar-refractivity contribution in [3.63, 3.8) is 0 Å². The molecule has 9 rings (SSSR count). The molecule has 259 valence electrons. The molecule has 4 saturated carbocycles. The summed E-state index contributed by atoms with van der Waals surface area (Å²) < 4.78 is 36.1. The Morgan fingerprint density at radius 3 is 0.956 bits per heavy atom. The first-order valence-corrected chi connectivity index (χ1v) is 20.0. The minimum atomic E-state index is -4.16. The van der Waals surface area contributed by atoms with E-state index < -0.39 is 15.4 Å². The van der Waals surface area contributed by atoms with Crippen molar-refractivity contribution in [2.75, 3.05) is 0 Å². The first-order chi connectivity index (χ1) is 21.4. The molecule has 0 amide bonds. The van der Waals surface area contributed by atoms with E-state index in [1.165, 1.54) is 77.0 Å². The Balaban J connectivity index is 0.00000300. The molecule has 13 heteroatoms. The molecule has 5 aliphatic heterocycles. The summed E-state index contributed by atoms with van der Waals surface area (Å²) in [5.74, 6) is 3.50. The van der Waals surface area contributed by atoms with E-state index in [0.29, 0.717) is 54.3 Å². The van der Waals surface area contributed by atoms with E-state index in [-0.39, 0.29) is 65.9 Å². The second-order valence-electron chi connectivity index (χ2n) is 16.2. The number of nitrogens with one attached hydrogen (secondary N) is 8. The fourth-order valence-corrected chi connectivity index (χ4v) is 13.6. The van der Waals surface area contributed by atoms with E-state index in [1.807, 2.05) is 0 Å². The zero-order valence-electron chi connectivity index (χ0n) is 26.4. The summed E-state index contributed by atoms with van der Waals surface area (Å²) in [6.45, 7) is 0. The van der Waals surface area contributed by atoms with Crippen LogP contribution in [0.25, 0.3) is 0 Å². The van der Waals surface area contributed by atoms with Gasteiger partial charge in [0.1, 0.15) is 0 Å². The SMILES string of the molecule is O=S(=O)(O)C1CCCC2C3NC4NC(NC5NC(NC6NC(NC(N3)C21)C1CCCCC61)C1CCCCC51)C1CCCCC41.[Cu]. The third-order valence-corrected chi connectivity index (χ3v) is 15.5. The Labute approximate surface area is 280 Å². The van der Waals surface area contributed by atoms with Crippen LogP contribution < -0.4 is 42.5 Å². The molecule has 0 aromatic heterocycles. The number of hydrogen-bond acceptors (Lipinski definition) is 10. The van der Waals surface area contributed by atoms with Crippen LogP contribution in [0.5, 0.6) is 0 Å². The minimum absolute atomic E-state index is 0. The molecule has 1 radical (unpaired) electrons. The molecule has 8 bridgehead atoms. The van der Waals surface area contributed by atoms with Gasteiger partial charge in [0.05, 0.1) is 54.6 Å². The zero-order chi connectivity index (χ0) is 29.6. The maximum atomic E-state index is 12.8. The van der Waals surface area contributed by atoms with Gasteiger partial charge < -0.3 is 0 Å². The van der Waals surface area contributed by atoms with Gasteiger partial charge in [-0.25, -0.2) is 0 Å². The van der Waals surface area contributed by atoms with Crippen LogP contribution in [0.2, 0.25) is 0 Å². The Hall–Kier alpha value is 0.109. The van der Waals surface area contributed by atoms with Crippen molar-refractivity contribution < 1.29 is 30.0 Å². The third kappa shape index (κ3) is 5.70. The van der Waals surface area contributed by atoms with E-state index in [0.717, 1.165) is 12.8 Å². The summed E-state index contributed by atoms with van der Waals surface area (Å²) in [5.41, 5.74) is 0. The summed E-state index contributed by atoms with van der Waals surface area (Å²) in [6, 6.07) is 0. The molecule has 5 saturated heterocycles. The fraction of sp³-hybridized carbons (Fsp3) is 1.00. The summed E-state index contributed by atoms with van der Waals surface area (Å²) in [4.78, 5) is 0. The molecular weight excluding hydrogens is 640 g/mol. The Morgan fingerprint density at radius 1 is 0.378 bits per heavy atom. The van der Waals surface area contributed by atoms with E-state index in [9.17, 15) is 13.0 Å². The molecule has 9 fully saturated rings. The smallest absolute Gasteiger partial charge is 0.268 e. The van der Waals surface area contributed by atoms with Gasteiger partial charge in [0, 0.05) is 23.0 Å². The quantitative estimate of drug-likeness (QED) is 0.145. The van der Waals surface area contributed by atoms with Gasteiger partial charge in [-0.1, -0.05) is 44.9 Å². The minimum Gasteiger partial charge on any atom is -0.286 e. The predicted octanol–water partition coefficient (Wildman–Crippen LogP) is 1.47. The molecule has 17 unspecified atom stereocenters. The molecular formula is C32H56CuN8O3S. The van der Waals surface area contributed by atoms with Crippen molar-refractivity contribution in [1.29, 1.82) is 0 Å². The monoisotopic (exact) mass is 695 g/mol. The Kier molecular flexibility index (Phi) is 9.17. The number of fused-ring (bicyclic) bond motifs is 20. The van der Waals surface area contributed by atoms with Gasteiger partial charge in [-0.15, -0.1) is 0 Å². The maximum absolute atomic E-state index is 12.8. The summed E-state index contributed by atoms with van der Waals surface area (Å²) >= 11 is 0. The van der Waals surface area contributed by atoms with Crippen LogP contribution in [0.3, 0.4) is 0 Å². The number of hydrogen-bond donors (Lipinski definition) is 9. The second kappa shape index (κ2) is 12.8. The van der Waals surface area contributed by atoms with E-state index >= 15 is 0 Å². The van der Waals surface area contributed by atoms with Crippen molar-refractivity contribution >= 4 is 10.1 Å². The van der Waals surface area contributed by atoms with Gasteiger partial charge in [-0.05, 0) is 92.8 Å². The van der Waals surface area contributed by atoms with Crippen molar-refractivity contribution in [2.45, 2.75) is 151 Å². The normalized spacial score (nSPS) is 54.3. The van der Waals surface area contributed by atoms with Gasteiger partial charge >= 0.3 is 0 Å². The van der Waals surface area contributed by atoms with Crippen LogP contribution in [0.4, 0.5) is 0 Å². The Bertz CT molecular complexity index is 1180. The number of rotatable bonds is 1. The molecule has 17 atom stereocenters. The summed E-state index contributed by atoms with van der Waals surface area (Å²) in [5, 5.41) is 31.8. The van der Waals surface area contributed by atoms with Gasteiger partial charge in [0.2, 0.25) is 0 Å². The molecule has 11 nitrogen and oxygen atoms in total. The van der Waals surface area contributed by atoms with Crippen LogP contribution in [-0.4, -0.2) is 67.5 Å². The molecule has 5 heterocycles. The van der Waals surface area contributed by atoms with Crippen molar-refractivity contribution in [1.82, 2.24) is 42.5 Å². The topological polar surface area (TPSA) is 151 Å². The average Bonchev–Trinajstić information content (AvgIpc) is 3.76. The van der Waals surface area contributed by atoms with Crippen LogP contribution in [0.1, 0.15) is 96.3 Å². The van der Waals surface area contributed by atoms with Crippen molar-refractivity contribution in [3.05, 3.63) is 0 Å². The zero-order valence-corrected chi connectivity index (χ0v) is 28.2. The molecule has 9 N–H and O–H groups in total. The molecule has 0 aromatic rings. The van der Waals surface area contributed by atoms with Gasteiger partial charge in [0.25, 0.3) is 10.1 Å². The third-order valence-electron chi connectivity index (χ3n) is 14.2. The first kappa shape index (κ1) is 32.3. The second-order valence-corrected chi connectivity index (χ2v) is 17.9. The summed E-state index contributed by atoms with van der Waals surface area (Å²) in [6.07, 6.45) is 18.9. The van der Waals surface area contributed by atoms with Crippen molar-refractivity contribution in [2.24, 2.45) is 47.3 Å². The molecule has 0 aromatic carbocycles. The molecule has 9 aliphatic rings. The molecule has 45 heavy (non-hydrogen) atoms. The predicted molar refractivity (Wildman–Crippen MR) is 168 cm³/mol. The van der Waals surface area contributed by atoms with Gasteiger partial charge in [-0.2, -0.15) is 8.42 Å². The molecule has 0 spiro atoms. The summed E-state index contributed by atoms with van der Waals surface area (Å²) in [7, 11) is -4.16. The van der Waals surface area contributed by atoms with E-state index in [1.54, 1.807) is 0 Å². The van der Waals surface area contributed by atoms with E-state index in [2.05, 4.69) is 42.5 Å². The van der Waals surface area contributed by atoms with Crippen LogP contribution in [0, 0.1) is 47.3 Å². The first-order valence-electron chi connectivity index (χ1n) is 18.5. The Morgan fingerprint density at radius 2 is 0.644 bits per heavy atom. The van der Waals surface area contributed by atoms with Gasteiger partial charge in [0.15, 0.2) is 0 Å². The fourth-order valence-electron chi connectivity index (χ4n) is 12.3. The van der Waals surface area contributed by atoms with Crippen molar-refractivity contribution in [3.8, 4) is 0 Å². The molecule has 4 aliphatic carbocycles. The van der Waals surface area contributed by atoms with E-state index in [4.69, 9.17) is 0 Å². The average molecular weight is 696 g/mol. The largest absolute Gasteiger partial charge is 0.286 e. The van der Waals surface area contributed by atoms with Gasteiger partial charge in [-0.3, -0.25) is 47.1 Å². The van der Waals surface area contributed by atoms with Crippen LogP contribution >= 0.6 is 0 Å². The standard InChI is InChI=1S/C32H56N8O3S.Cu/c41-44(42,43)23-15-7-14-22-24(23)32-39-30-21-13-6-5-12-20(21)28(37-30)35-26-17-9-2-1-8-16(17)25(33-26)34-27-18-10-3-4-11-19(18)29(36-27)38-31(22)40-32;/h16-40H,1-15H2,(H,41,42,43);. The van der Waals surface area contributed by atoms with Crippen LogP contribution in [-0.2, 0) is 27.2 Å². The van der Waals surface area contributed by atoms with Crippen LogP contribution in [0.15, 0.2) is 0 Å².